The van der Waals surface area contributed by atoms with E-state index in [9.17, 15) is 4.79 Å². The van der Waals surface area contributed by atoms with Gasteiger partial charge in [0.25, 0.3) is 0 Å². The molecule has 0 aliphatic carbocycles. The van der Waals surface area contributed by atoms with Crippen LogP contribution in [-0.2, 0) is 9.53 Å². The van der Waals surface area contributed by atoms with E-state index in [4.69, 9.17) is 4.74 Å². The van der Waals surface area contributed by atoms with Gasteiger partial charge in [-0.1, -0.05) is 6.42 Å². The summed E-state index contributed by atoms with van der Waals surface area (Å²) in [6, 6.07) is -0.159. The highest BCUT2D eigenvalue weighted by atomic mass is 16.5. The zero-order valence-corrected chi connectivity index (χ0v) is 11.1. The molecule has 2 aliphatic rings. The third-order valence-electron chi connectivity index (χ3n) is 3.64. The monoisotopic (exact) mass is 255 g/mol. The van der Waals surface area contributed by atoms with Crippen LogP contribution in [-0.4, -0.2) is 62.8 Å². The van der Waals surface area contributed by atoms with Crippen molar-refractivity contribution < 1.29 is 9.53 Å². The number of rotatable bonds is 5. The maximum absolute atomic E-state index is 11.8. The van der Waals surface area contributed by atoms with Crippen molar-refractivity contribution in [2.75, 3.05) is 45.9 Å². The molecule has 2 N–H and O–H groups in total. The van der Waals surface area contributed by atoms with E-state index in [2.05, 4.69) is 15.5 Å². The average Bonchev–Trinajstić information content (AvgIpc) is 2.45. The summed E-state index contributed by atoms with van der Waals surface area (Å²) >= 11 is 0. The van der Waals surface area contributed by atoms with Crippen molar-refractivity contribution >= 4 is 5.91 Å². The van der Waals surface area contributed by atoms with Gasteiger partial charge in [-0.25, -0.2) is 0 Å². The number of carbonyl (C=O) groups is 1. The van der Waals surface area contributed by atoms with Gasteiger partial charge in [0.1, 0.15) is 6.04 Å². The number of piperidine rings is 1. The zero-order valence-electron chi connectivity index (χ0n) is 11.1. The maximum Gasteiger partial charge on any atom is 0.239 e. The minimum Gasteiger partial charge on any atom is -0.378 e. The molecular formula is C13H25N3O2. The van der Waals surface area contributed by atoms with Gasteiger partial charge < -0.3 is 20.3 Å². The van der Waals surface area contributed by atoms with Crippen molar-refractivity contribution in [3.63, 3.8) is 0 Å². The summed E-state index contributed by atoms with van der Waals surface area (Å²) in [5, 5.41) is 6.15. The summed E-state index contributed by atoms with van der Waals surface area (Å²) in [7, 11) is 0. The van der Waals surface area contributed by atoms with Gasteiger partial charge in [0.2, 0.25) is 5.91 Å². The Bertz CT molecular complexity index is 249. The summed E-state index contributed by atoms with van der Waals surface area (Å²) in [5.41, 5.74) is 0. The van der Waals surface area contributed by atoms with Crippen LogP contribution in [0.4, 0.5) is 0 Å². The Labute approximate surface area is 109 Å². The van der Waals surface area contributed by atoms with Gasteiger partial charge in [0.05, 0.1) is 13.2 Å². The lowest BCUT2D eigenvalue weighted by Gasteiger charge is -2.26. The number of hydrogen-bond acceptors (Lipinski definition) is 4. The van der Waals surface area contributed by atoms with E-state index in [1.165, 1.54) is 32.4 Å². The van der Waals surface area contributed by atoms with E-state index in [1.807, 2.05) is 0 Å². The summed E-state index contributed by atoms with van der Waals surface area (Å²) in [6.07, 6.45) is 5.07. The second-order valence-corrected chi connectivity index (χ2v) is 5.13. The lowest BCUT2D eigenvalue weighted by atomic mass is 10.1. The topological polar surface area (TPSA) is 53.6 Å². The number of nitrogens with one attached hydrogen (secondary N) is 2. The van der Waals surface area contributed by atoms with Crippen LogP contribution in [0.5, 0.6) is 0 Å². The van der Waals surface area contributed by atoms with Crippen molar-refractivity contribution in [2.24, 2.45) is 0 Å². The highest BCUT2D eigenvalue weighted by Crippen LogP contribution is 2.08. The van der Waals surface area contributed by atoms with Crippen LogP contribution < -0.4 is 10.6 Å². The largest absolute Gasteiger partial charge is 0.378 e. The molecule has 0 aromatic carbocycles. The second kappa shape index (κ2) is 7.71. The number of amides is 1. The van der Waals surface area contributed by atoms with E-state index < -0.39 is 0 Å². The van der Waals surface area contributed by atoms with Gasteiger partial charge >= 0.3 is 0 Å². The van der Waals surface area contributed by atoms with Crippen LogP contribution in [0.1, 0.15) is 25.7 Å². The molecule has 5 nitrogen and oxygen atoms in total. The van der Waals surface area contributed by atoms with E-state index >= 15 is 0 Å². The molecule has 0 spiro atoms. The van der Waals surface area contributed by atoms with Gasteiger partial charge in [-0.05, 0) is 38.9 Å². The van der Waals surface area contributed by atoms with Gasteiger partial charge in [-0.3, -0.25) is 4.79 Å². The molecule has 18 heavy (non-hydrogen) atoms. The van der Waals surface area contributed by atoms with Crippen LogP contribution in [0, 0.1) is 0 Å². The molecule has 2 rings (SSSR count). The standard InChI is InChI=1S/C13H25N3O2/c17-13(12-11-18-10-6-14-12)15-5-4-9-16-7-2-1-3-8-16/h12,14H,1-11H2,(H,15,17). The molecule has 2 fully saturated rings. The minimum atomic E-state index is -0.159. The SMILES string of the molecule is O=C(NCCCN1CCCCC1)C1COCCN1. The fourth-order valence-corrected chi connectivity index (χ4v) is 2.55. The highest BCUT2D eigenvalue weighted by molar-refractivity contribution is 5.81. The van der Waals surface area contributed by atoms with Gasteiger partial charge in [-0.15, -0.1) is 0 Å². The van der Waals surface area contributed by atoms with Gasteiger partial charge in [-0.2, -0.15) is 0 Å². The fraction of sp³-hybridized carbons (Fsp3) is 0.923. The number of morpholine rings is 1. The molecule has 2 saturated heterocycles. The maximum atomic E-state index is 11.8. The molecule has 0 aromatic rings. The Balaban J connectivity index is 1.52. The predicted molar refractivity (Wildman–Crippen MR) is 70.5 cm³/mol. The summed E-state index contributed by atoms with van der Waals surface area (Å²) in [5.74, 6) is 0.0772. The third-order valence-corrected chi connectivity index (χ3v) is 3.64. The fourth-order valence-electron chi connectivity index (χ4n) is 2.55. The first kappa shape index (κ1) is 13.8. The highest BCUT2D eigenvalue weighted by Gasteiger charge is 2.20. The Morgan fingerprint density at radius 3 is 2.89 bits per heavy atom. The van der Waals surface area contributed by atoms with Crippen molar-refractivity contribution in [2.45, 2.75) is 31.7 Å². The normalized spacial score (nSPS) is 25.9. The number of carbonyl (C=O) groups excluding carboxylic acids is 1. The van der Waals surface area contributed by atoms with Gasteiger partial charge in [0, 0.05) is 13.1 Å². The first-order valence-electron chi connectivity index (χ1n) is 7.17. The van der Waals surface area contributed by atoms with Crippen LogP contribution in [0.3, 0.4) is 0 Å². The molecule has 1 atom stereocenters. The molecule has 0 aromatic heterocycles. The minimum absolute atomic E-state index is 0.0772. The zero-order chi connectivity index (χ0) is 12.6. The van der Waals surface area contributed by atoms with Crippen LogP contribution in [0.15, 0.2) is 0 Å². The summed E-state index contributed by atoms with van der Waals surface area (Å²) in [4.78, 5) is 14.3. The first-order chi connectivity index (χ1) is 8.86. The quantitative estimate of drug-likeness (QED) is 0.677. The predicted octanol–water partition coefficient (Wildman–Crippen LogP) is -0.0330. The van der Waals surface area contributed by atoms with Crippen molar-refractivity contribution in [3.05, 3.63) is 0 Å². The lowest BCUT2D eigenvalue weighted by Crippen LogP contribution is -2.51. The van der Waals surface area contributed by atoms with Crippen molar-refractivity contribution in [1.29, 1.82) is 0 Å². The second-order valence-electron chi connectivity index (χ2n) is 5.13. The van der Waals surface area contributed by atoms with Crippen molar-refractivity contribution in [3.8, 4) is 0 Å². The van der Waals surface area contributed by atoms with E-state index in [0.29, 0.717) is 13.2 Å². The summed E-state index contributed by atoms with van der Waals surface area (Å²) < 4.78 is 5.27. The molecule has 1 unspecified atom stereocenters. The lowest BCUT2D eigenvalue weighted by molar-refractivity contribution is -0.125. The molecule has 0 radical (unpaired) electrons. The number of likely N-dealkylation sites (tertiary alicyclic amines) is 1. The first-order valence-corrected chi connectivity index (χ1v) is 7.17. The molecule has 0 bridgehead atoms. The smallest absolute Gasteiger partial charge is 0.239 e. The molecule has 2 aliphatic heterocycles. The third kappa shape index (κ3) is 4.55. The Hall–Kier alpha value is -0.650. The number of hydrogen-bond donors (Lipinski definition) is 2. The molecule has 104 valence electrons. The average molecular weight is 255 g/mol. The summed E-state index contributed by atoms with van der Waals surface area (Å²) in [6.45, 7) is 6.31. The Morgan fingerprint density at radius 1 is 1.33 bits per heavy atom. The molecule has 2 heterocycles. The van der Waals surface area contributed by atoms with E-state index in [0.717, 1.165) is 26.1 Å². The molecule has 1 amide bonds. The van der Waals surface area contributed by atoms with Crippen LogP contribution in [0.25, 0.3) is 0 Å². The molecular weight excluding hydrogens is 230 g/mol. The Kier molecular flexibility index (Phi) is 5.90. The number of ether oxygens (including phenoxy) is 1. The number of nitrogens with zero attached hydrogens (tertiary/aromatic N) is 1. The van der Waals surface area contributed by atoms with Crippen molar-refractivity contribution in [1.82, 2.24) is 15.5 Å². The van der Waals surface area contributed by atoms with E-state index in [-0.39, 0.29) is 11.9 Å². The Morgan fingerprint density at radius 2 is 2.17 bits per heavy atom. The van der Waals surface area contributed by atoms with E-state index in [1.54, 1.807) is 0 Å². The molecule has 5 heteroatoms. The van der Waals surface area contributed by atoms with Crippen LogP contribution >= 0.6 is 0 Å². The molecule has 0 saturated carbocycles. The van der Waals surface area contributed by atoms with Crippen LogP contribution in [0.2, 0.25) is 0 Å². The van der Waals surface area contributed by atoms with Gasteiger partial charge in [0.15, 0.2) is 0 Å².